The van der Waals surface area contributed by atoms with Crippen molar-refractivity contribution in [3.63, 3.8) is 0 Å². The molecule has 0 bridgehead atoms. The Balaban J connectivity index is 2.47. The van der Waals surface area contributed by atoms with Crippen LogP contribution in [0.1, 0.15) is 18.1 Å². The van der Waals surface area contributed by atoms with E-state index in [-0.39, 0.29) is 5.82 Å². The zero-order valence-electron chi connectivity index (χ0n) is 9.60. The highest BCUT2D eigenvalue weighted by Gasteiger charge is 2.01. The minimum absolute atomic E-state index is 0.137. The van der Waals surface area contributed by atoms with E-state index in [1.165, 1.54) is 6.07 Å². The van der Waals surface area contributed by atoms with Crippen molar-refractivity contribution in [3.8, 4) is 0 Å². The fourth-order valence-corrected chi connectivity index (χ4v) is 1.49. The molecule has 15 heavy (non-hydrogen) atoms. The van der Waals surface area contributed by atoms with Crippen LogP contribution in [-0.2, 0) is 6.54 Å². The Morgan fingerprint density at radius 2 is 2.13 bits per heavy atom. The second-order valence-corrected chi connectivity index (χ2v) is 3.92. The first-order valence-corrected chi connectivity index (χ1v) is 5.26. The first-order chi connectivity index (χ1) is 7.13. The number of halogens is 1. The first-order valence-electron chi connectivity index (χ1n) is 5.26. The fourth-order valence-electron chi connectivity index (χ4n) is 1.49. The van der Waals surface area contributed by atoms with Gasteiger partial charge in [-0.15, -0.1) is 0 Å². The molecule has 1 aromatic rings. The molecule has 0 heterocycles. The lowest BCUT2D eigenvalue weighted by molar-refractivity contribution is 0.522. The van der Waals surface area contributed by atoms with Crippen molar-refractivity contribution in [2.75, 3.05) is 13.6 Å². The summed E-state index contributed by atoms with van der Waals surface area (Å²) in [4.78, 5) is 0. The van der Waals surface area contributed by atoms with Crippen LogP contribution in [0.5, 0.6) is 0 Å². The predicted octanol–water partition coefficient (Wildman–Crippen LogP) is 1.83. The van der Waals surface area contributed by atoms with Gasteiger partial charge in [-0.3, -0.25) is 0 Å². The Hall–Kier alpha value is -0.930. The van der Waals surface area contributed by atoms with Crippen molar-refractivity contribution in [3.05, 3.63) is 35.1 Å². The summed E-state index contributed by atoms with van der Waals surface area (Å²) in [6.07, 6.45) is 0. The molecule has 0 aliphatic heterocycles. The highest BCUT2D eigenvalue weighted by molar-refractivity contribution is 5.23. The Bertz CT molecular complexity index is 312. The summed E-state index contributed by atoms with van der Waals surface area (Å²) in [5, 5.41) is 6.46. The Morgan fingerprint density at radius 1 is 1.40 bits per heavy atom. The van der Waals surface area contributed by atoms with Gasteiger partial charge in [0.25, 0.3) is 0 Å². The van der Waals surface area contributed by atoms with E-state index in [9.17, 15) is 4.39 Å². The monoisotopic (exact) mass is 210 g/mol. The zero-order valence-corrected chi connectivity index (χ0v) is 9.60. The van der Waals surface area contributed by atoms with Crippen LogP contribution >= 0.6 is 0 Å². The molecule has 0 aliphatic rings. The minimum Gasteiger partial charge on any atom is -0.318 e. The third kappa shape index (κ3) is 3.98. The quantitative estimate of drug-likeness (QED) is 0.775. The lowest BCUT2D eigenvalue weighted by atomic mass is 10.1. The van der Waals surface area contributed by atoms with E-state index < -0.39 is 0 Å². The van der Waals surface area contributed by atoms with Crippen LogP contribution in [0.3, 0.4) is 0 Å². The number of hydrogen-bond donors (Lipinski definition) is 2. The Morgan fingerprint density at radius 3 is 2.73 bits per heavy atom. The van der Waals surface area contributed by atoms with Gasteiger partial charge in [-0.1, -0.05) is 12.1 Å². The highest BCUT2D eigenvalue weighted by atomic mass is 19.1. The second-order valence-electron chi connectivity index (χ2n) is 3.92. The maximum atomic E-state index is 13.0. The largest absolute Gasteiger partial charge is 0.318 e. The van der Waals surface area contributed by atoms with Crippen LogP contribution in [0.2, 0.25) is 0 Å². The van der Waals surface area contributed by atoms with Crippen LogP contribution in [-0.4, -0.2) is 19.6 Å². The second kappa shape index (κ2) is 5.83. The molecule has 1 unspecified atom stereocenters. The molecular weight excluding hydrogens is 191 g/mol. The van der Waals surface area contributed by atoms with Crippen LogP contribution in [0, 0.1) is 12.7 Å². The van der Waals surface area contributed by atoms with Gasteiger partial charge in [0.05, 0.1) is 0 Å². The van der Waals surface area contributed by atoms with Gasteiger partial charge in [-0.2, -0.15) is 0 Å². The molecule has 2 nitrogen and oxygen atoms in total. The van der Waals surface area contributed by atoms with Gasteiger partial charge in [0, 0.05) is 19.1 Å². The molecule has 84 valence electrons. The molecule has 0 fully saturated rings. The third-order valence-corrected chi connectivity index (χ3v) is 2.39. The van der Waals surface area contributed by atoms with Crippen LogP contribution in [0.25, 0.3) is 0 Å². The van der Waals surface area contributed by atoms with Crippen molar-refractivity contribution < 1.29 is 4.39 Å². The van der Waals surface area contributed by atoms with Crippen molar-refractivity contribution in [2.24, 2.45) is 0 Å². The van der Waals surface area contributed by atoms with Crippen LogP contribution in [0.4, 0.5) is 4.39 Å². The lowest BCUT2D eigenvalue weighted by Gasteiger charge is -2.13. The van der Waals surface area contributed by atoms with E-state index in [4.69, 9.17) is 0 Å². The van der Waals surface area contributed by atoms with Crippen molar-refractivity contribution in [1.82, 2.24) is 10.6 Å². The minimum atomic E-state index is -0.137. The SMILES string of the molecule is CNCC(C)NCc1ccc(F)c(C)c1. The van der Waals surface area contributed by atoms with Gasteiger partial charge in [0.15, 0.2) is 0 Å². The predicted molar refractivity (Wildman–Crippen MR) is 61.4 cm³/mol. The van der Waals surface area contributed by atoms with E-state index >= 15 is 0 Å². The van der Waals surface area contributed by atoms with Gasteiger partial charge in [-0.25, -0.2) is 4.39 Å². The molecule has 1 atom stereocenters. The number of rotatable bonds is 5. The zero-order chi connectivity index (χ0) is 11.3. The van der Waals surface area contributed by atoms with E-state index in [2.05, 4.69) is 17.6 Å². The van der Waals surface area contributed by atoms with Gasteiger partial charge in [0.1, 0.15) is 5.82 Å². The molecule has 0 aromatic heterocycles. The topological polar surface area (TPSA) is 24.1 Å². The summed E-state index contributed by atoms with van der Waals surface area (Å²) in [6, 6.07) is 5.64. The number of hydrogen-bond acceptors (Lipinski definition) is 2. The number of likely N-dealkylation sites (N-methyl/N-ethyl adjacent to an activating group) is 1. The summed E-state index contributed by atoms with van der Waals surface area (Å²) in [7, 11) is 1.93. The lowest BCUT2D eigenvalue weighted by Crippen LogP contribution is -2.34. The first kappa shape index (κ1) is 12.1. The van der Waals surface area contributed by atoms with Gasteiger partial charge >= 0.3 is 0 Å². The van der Waals surface area contributed by atoms with E-state index in [0.717, 1.165) is 18.7 Å². The highest BCUT2D eigenvalue weighted by Crippen LogP contribution is 2.08. The number of aryl methyl sites for hydroxylation is 1. The van der Waals surface area contributed by atoms with Gasteiger partial charge < -0.3 is 10.6 Å². The average molecular weight is 210 g/mol. The third-order valence-electron chi connectivity index (χ3n) is 2.39. The normalized spacial score (nSPS) is 12.8. The number of benzene rings is 1. The summed E-state index contributed by atoms with van der Waals surface area (Å²) in [6.45, 7) is 5.62. The van der Waals surface area contributed by atoms with Crippen molar-refractivity contribution in [1.29, 1.82) is 0 Å². The summed E-state index contributed by atoms with van der Waals surface area (Å²) in [5.41, 5.74) is 1.83. The Labute approximate surface area is 90.9 Å². The maximum Gasteiger partial charge on any atom is 0.126 e. The molecule has 1 rings (SSSR count). The molecule has 0 spiro atoms. The van der Waals surface area contributed by atoms with Gasteiger partial charge in [0.2, 0.25) is 0 Å². The van der Waals surface area contributed by atoms with E-state index in [0.29, 0.717) is 11.6 Å². The smallest absolute Gasteiger partial charge is 0.126 e. The van der Waals surface area contributed by atoms with Gasteiger partial charge in [-0.05, 0) is 38.1 Å². The summed E-state index contributed by atoms with van der Waals surface area (Å²) >= 11 is 0. The molecule has 1 aromatic carbocycles. The molecular formula is C12H19FN2. The molecule has 3 heteroatoms. The van der Waals surface area contributed by atoms with Crippen molar-refractivity contribution >= 4 is 0 Å². The summed E-state index contributed by atoms with van der Waals surface area (Å²) in [5.74, 6) is -0.137. The van der Waals surface area contributed by atoms with Crippen LogP contribution in [0.15, 0.2) is 18.2 Å². The summed E-state index contributed by atoms with van der Waals surface area (Å²) < 4.78 is 13.0. The fraction of sp³-hybridized carbons (Fsp3) is 0.500. The van der Waals surface area contributed by atoms with Crippen molar-refractivity contribution in [2.45, 2.75) is 26.4 Å². The molecule has 0 amide bonds. The Kier molecular flexibility index (Phi) is 4.72. The number of nitrogens with one attached hydrogen (secondary N) is 2. The molecule has 0 radical (unpaired) electrons. The van der Waals surface area contributed by atoms with Crippen LogP contribution < -0.4 is 10.6 Å². The molecule has 0 aliphatic carbocycles. The molecule has 0 saturated heterocycles. The molecule has 0 saturated carbocycles. The van der Waals surface area contributed by atoms with E-state index in [1.807, 2.05) is 19.2 Å². The standard InChI is InChI=1S/C12H19FN2/c1-9-6-11(4-5-12(9)13)8-15-10(2)7-14-3/h4-6,10,14-15H,7-8H2,1-3H3. The maximum absolute atomic E-state index is 13.0. The average Bonchev–Trinajstić information content (AvgIpc) is 2.20. The van der Waals surface area contributed by atoms with E-state index in [1.54, 1.807) is 6.92 Å². The molecule has 2 N–H and O–H groups in total.